The van der Waals surface area contributed by atoms with E-state index in [4.69, 9.17) is 37.5 Å². The highest BCUT2D eigenvalue weighted by molar-refractivity contribution is 7.67. The Morgan fingerprint density at radius 2 is 1.11 bits per heavy atom. The van der Waals surface area contributed by atoms with E-state index in [9.17, 15) is 0 Å². The van der Waals surface area contributed by atoms with Crippen LogP contribution in [0.4, 0.5) is 17.2 Å². The fourth-order valence-electron chi connectivity index (χ4n) is 12.7. The Kier molecular flexibility index (Phi) is 17.1. The molecule has 0 radical (unpaired) electrons. The third kappa shape index (κ3) is 13.1. The van der Waals surface area contributed by atoms with Crippen LogP contribution in [0.25, 0.3) is 11.1 Å². The van der Waals surface area contributed by atoms with E-state index in [2.05, 4.69) is 132 Å². The van der Waals surface area contributed by atoms with E-state index in [0.717, 1.165) is 108 Å². The van der Waals surface area contributed by atoms with Crippen LogP contribution in [0.3, 0.4) is 0 Å². The number of para-hydroxylation sites is 1. The van der Waals surface area contributed by atoms with Gasteiger partial charge in [-0.3, -0.25) is 0 Å². The van der Waals surface area contributed by atoms with Crippen LogP contribution in [0.2, 0.25) is 5.15 Å². The molecule has 5 N–H and O–H groups in total. The Labute approximate surface area is 451 Å². The second kappa shape index (κ2) is 23.2. The molecule has 0 amide bonds. The molecule has 2 aliphatic heterocycles. The van der Waals surface area contributed by atoms with E-state index in [0.29, 0.717) is 5.15 Å². The number of pyridine rings is 2. The first-order chi connectivity index (χ1) is 35.4. The molecule has 2 spiro atoms. The van der Waals surface area contributed by atoms with Gasteiger partial charge in [-0.25, -0.2) is 9.97 Å². The van der Waals surface area contributed by atoms with E-state index in [1.54, 1.807) is 5.30 Å². The standard InChI is InChI=1S/C26H36NP.C22H29N3O.C16H23ClN2O/c1-27(2)24-19-12-20-25(26(24)21-13-6-3-7-14-21)28(22-15-8-4-9-16-22)23-17-10-5-11-18-23;1-21(2,3)13-16-12-17-18(23)14-22(10-7-11-22)26-19(17)20(25-16)24-15-8-5-4-6-9-15;1-15(2,3)8-10-7-11-12(18)9-16(5-4-6-16)20-13(11)14(17)19-10/h3,6-7,12-14,19-20,22-23H,4-5,8-11,15-18H2,1-2H3;4-6,8-9,12,18H,7,10-11,13-14,23H2,1-3H3,(H,24,25);7,12H,4-6,8-9,18H2,1-3H3/t;18-;12-/m.00/s1. The average Bonchev–Trinajstić information content (AvgIpc) is 3.34. The highest BCUT2D eigenvalue weighted by Gasteiger charge is 2.47. The van der Waals surface area contributed by atoms with Gasteiger partial charge in [-0.1, -0.05) is 160 Å². The summed E-state index contributed by atoms with van der Waals surface area (Å²) < 4.78 is 12.7. The second-order valence-corrected chi connectivity index (χ2v) is 28.6. The molecule has 6 aliphatic rings. The maximum Gasteiger partial charge on any atom is 0.173 e. The van der Waals surface area contributed by atoms with Gasteiger partial charge in [0.25, 0.3) is 0 Å². The molecule has 4 fully saturated rings. The smallest absolute Gasteiger partial charge is 0.173 e. The molecule has 11 rings (SSSR count). The fraction of sp³-hybridized carbons (Fsp3) is 0.562. The normalized spacial score (nSPS) is 21.0. The van der Waals surface area contributed by atoms with Crippen molar-refractivity contribution in [2.75, 3.05) is 24.3 Å². The van der Waals surface area contributed by atoms with Crippen molar-refractivity contribution < 1.29 is 9.47 Å². The van der Waals surface area contributed by atoms with Crippen molar-refractivity contribution in [1.29, 1.82) is 0 Å². The largest absolute Gasteiger partial charge is 0.484 e. The highest BCUT2D eigenvalue weighted by Crippen LogP contribution is 2.57. The molecule has 0 saturated heterocycles. The van der Waals surface area contributed by atoms with Crippen molar-refractivity contribution in [2.45, 2.75) is 205 Å². The first-order valence-electron chi connectivity index (χ1n) is 28.5. The lowest BCUT2D eigenvalue weighted by Crippen LogP contribution is -2.48. The Bertz CT molecular complexity index is 2630. The number of aromatic nitrogens is 2. The molecule has 74 heavy (non-hydrogen) atoms. The molecule has 2 atom stereocenters. The first-order valence-corrected chi connectivity index (χ1v) is 30.3. The van der Waals surface area contributed by atoms with Gasteiger partial charge in [0, 0.05) is 78.5 Å². The number of benzene rings is 3. The summed E-state index contributed by atoms with van der Waals surface area (Å²) in [6, 6.07) is 32.8. The molecule has 0 unspecified atom stereocenters. The summed E-state index contributed by atoms with van der Waals surface area (Å²) in [5.41, 5.74) is 24.6. The zero-order valence-corrected chi connectivity index (χ0v) is 47.9. The first kappa shape index (κ1) is 54.6. The van der Waals surface area contributed by atoms with E-state index >= 15 is 0 Å². The highest BCUT2D eigenvalue weighted by atomic mass is 35.5. The van der Waals surface area contributed by atoms with Gasteiger partial charge in [-0.05, 0) is 140 Å². The fourth-order valence-corrected chi connectivity index (χ4v) is 16.9. The van der Waals surface area contributed by atoms with E-state index in [1.165, 1.54) is 93.9 Å². The molecule has 0 bridgehead atoms. The molecule has 8 nitrogen and oxygen atoms in total. The number of fused-ring (bicyclic) bond motifs is 2. The van der Waals surface area contributed by atoms with Crippen molar-refractivity contribution in [3.8, 4) is 22.6 Å². The van der Waals surface area contributed by atoms with Crippen LogP contribution in [0, 0.1) is 10.8 Å². The number of nitrogens with one attached hydrogen (secondary N) is 1. The van der Waals surface area contributed by atoms with Crippen LogP contribution in [0.5, 0.6) is 11.5 Å². The molecule has 3 aromatic carbocycles. The van der Waals surface area contributed by atoms with E-state index in [1.807, 2.05) is 30.3 Å². The van der Waals surface area contributed by atoms with E-state index in [-0.39, 0.29) is 42.0 Å². The minimum absolute atomic E-state index is 0.0112. The number of nitrogens with zero attached hydrogens (tertiary/aromatic N) is 3. The van der Waals surface area contributed by atoms with Crippen molar-refractivity contribution >= 4 is 42.0 Å². The summed E-state index contributed by atoms with van der Waals surface area (Å²) in [4.78, 5) is 11.8. The summed E-state index contributed by atoms with van der Waals surface area (Å²) in [5, 5.41) is 5.65. The molecule has 4 heterocycles. The summed E-state index contributed by atoms with van der Waals surface area (Å²) in [7, 11) is 4.30. The van der Waals surface area contributed by atoms with Crippen LogP contribution in [0.1, 0.15) is 192 Å². The number of rotatable bonds is 9. The molecular weight excluding hydrogens is 951 g/mol. The lowest BCUT2D eigenvalue weighted by atomic mass is 9.73. The van der Waals surface area contributed by atoms with Crippen molar-refractivity contribution in [2.24, 2.45) is 22.3 Å². The summed E-state index contributed by atoms with van der Waals surface area (Å²) in [6.07, 6.45) is 24.9. The van der Waals surface area contributed by atoms with Gasteiger partial charge in [0.2, 0.25) is 0 Å². The van der Waals surface area contributed by atoms with Gasteiger partial charge in [-0.15, -0.1) is 0 Å². The molecular formula is C64H88ClN6O2P. The summed E-state index contributed by atoms with van der Waals surface area (Å²) in [5.74, 6) is 2.38. The number of ether oxygens (including phenoxy) is 2. The lowest BCUT2D eigenvalue weighted by Gasteiger charge is -2.47. The zero-order chi connectivity index (χ0) is 52.3. The summed E-state index contributed by atoms with van der Waals surface area (Å²) in [6.45, 7) is 13.3. The van der Waals surface area contributed by atoms with Gasteiger partial charge < -0.3 is 31.2 Å². The molecule has 4 saturated carbocycles. The molecule has 398 valence electrons. The number of halogens is 1. The average molecular weight is 1040 g/mol. The van der Waals surface area contributed by atoms with Gasteiger partial charge in [0.15, 0.2) is 22.5 Å². The Balaban J connectivity index is 0.000000138. The Morgan fingerprint density at radius 1 is 0.622 bits per heavy atom. The lowest BCUT2D eigenvalue weighted by molar-refractivity contribution is -0.0333. The Morgan fingerprint density at radius 3 is 1.59 bits per heavy atom. The second-order valence-electron chi connectivity index (χ2n) is 25.5. The third-order valence-corrected chi connectivity index (χ3v) is 20.2. The maximum absolute atomic E-state index is 6.59. The number of nitrogens with two attached hydrogens (primary N) is 2. The van der Waals surface area contributed by atoms with Crippen LogP contribution >= 0.6 is 19.5 Å². The van der Waals surface area contributed by atoms with Gasteiger partial charge in [0.1, 0.15) is 11.2 Å². The van der Waals surface area contributed by atoms with Crippen molar-refractivity contribution in [3.05, 3.63) is 119 Å². The monoisotopic (exact) mass is 1040 g/mol. The number of hydrogen-bond donors (Lipinski definition) is 3. The summed E-state index contributed by atoms with van der Waals surface area (Å²) >= 11 is 6.36. The Hall–Kier alpha value is -4.20. The van der Waals surface area contributed by atoms with Gasteiger partial charge in [0.05, 0.1) is 0 Å². The predicted molar refractivity (Wildman–Crippen MR) is 314 cm³/mol. The number of hydrogen-bond acceptors (Lipinski definition) is 8. The van der Waals surface area contributed by atoms with Gasteiger partial charge >= 0.3 is 0 Å². The predicted octanol–water partition coefficient (Wildman–Crippen LogP) is 16.3. The van der Waals surface area contributed by atoms with Crippen LogP contribution < -0.4 is 36.5 Å². The van der Waals surface area contributed by atoms with Gasteiger partial charge in [-0.2, -0.15) is 0 Å². The SMILES string of the molecule is CC(C)(C)Cc1cc2c(c(Cl)n1)OC1(CCC1)C[C@@H]2N.CC(C)(C)Cc1cc2c(c(Nc3ccccc3)n1)OC1(CCC1)C[C@@H]2N.CN(C)c1cccc(P(C2CCCCC2)C2CCCCC2)c1-c1ccccc1. The van der Waals surface area contributed by atoms with Crippen LogP contribution in [-0.4, -0.2) is 46.6 Å². The molecule has 5 aromatic rings. The quantitative estimate of drug-likeness (QED) is 0.0989. The van der Waals surface area contributed by atoms with Crippen molar-refractivity contribution in [1.82, 2.24) is 9.97 Å². The third-order valence-electron chi connectivity index (χ3n) is 16.5. The minimum atomic E-state index is -0.104. The maximum atomic E-state index is 6.59. The minimum Gasteiger partial charge on any atom is -0.484 e. The van der Waals surface area contributed by atoms with Crippen LogP contribution in [-0.2, 0) is 12.8 Å². The topological polar surface area (TPSA) is 112 Å². The number of anilines is 3. The molecule has 2 aromatic heterocycles. The molecule has 10 heteroatoms. The van der Waals surface area contributed by atoms with Crippen LogP contribution in [0.15, 0.2) is 91.0 Å². The zero-order valence-electron chi connectivity index (χ0n) is 46.2. The molecule has 4 aliphatic carbocycles. The van der Waals surface area contributed by atoms with E-state index < -0.39 is 0 Å². The van der Waals surface area contributed by atoms with Crippen molar-refractivity contribution in [3.63, 3.8) is 0 Å².